The molecule has 1 rings (SSSR count). The lowest BCUT2D eigenvalue weighted by atomic mass is 10.3. The van der Waals surface area contributed by atoms with Gasteiger partial charge in [-0.3, -0.25) is 10.1 Å². The highest BCUT2D eigenvalue weighted by Gasteiger charge is 2.11. The summed E-state index contributed by atoms with van der Waals surface area (Å²) in [6, 6.07) is -0.221. The van der Waals surface area contributed by atoms with Crippen LogP contribution in [0.3, 0.4) is 0 Å². The van der Waals surface area contributed by atoms with E-state index < -0.39 is 0 Å². The zero-order valence-corrected chi connectivity index (χ0v) is 9.12. The molecule has 0 saturated heterocycles. The minimum Gasteiger partial charge on any atom is -0.447 e. The molecule has 0 spiro atoms. The molecule has 1 amide bonds. The van der Waals surface area contributed by atoms with Crippen LogP contribution in [0.1, 0.15) is 26.0 Å². The van der Waals surface area contributed by atoms with Gasteiger partial charge >= 0.3 is 0 Å². The summed E-state index contributed by atoms with van der Waals surface area (Å²) >= 11 is 0. The van der Waals surface area contributed by atoms with E-state index in [1.54, 1.807) is 6.20 Å². The Kier molecular flexibility index (Phi) is 4.83. The summed E-state index contributed by atoms with van der Waals surface area (Å²) in [6.07, 6.45) is 3.95. The highest BCUT2D eigenvalue weighted by molar-refractivity contribution is 5.81. The molecule has 0 bridgehead atoms. The maximum absolute atomic E-state index is 11.4. The molecule has 5 nitrogen and oxygen atoms in total. The second-order valence-corrected chi connectivity index (χ2v) is 3.36. The quantitative estimate of drug-likeness (QED) is 0.726. The lowest BCUT2D eigenvalue weighted by molar-refractivity contribution is -0.122. The number of hydrogen-bond acceptors (Lipinski definition) is 4. The molecule has 1 aromatic heterocycles. The summed E-state index contributed by atoms with van der Waals surface area (Å²) < 4.78 is 5.04. The average Bonchev–Trinajstić information content (AvgIpc) is 2.75. The molecule has 1 atom stereocenters. The minimum absolute atomic E-state index is 0.0105. The smallest absolute Gasteiger partial charge is 0.236 e. The van der Waals surface area contributed by atoms with E-state index in [0.717, 1.165) is 12.2 Å². The molecule has 1 aromatic rings. The predicted octanol–water partition coefficient (Wildman–Crippen LogP) is 0.679. The van der Waals surface area contributed by atoms with Crippen molar-refractivity contribution in [3.63, 3.8) is 0 Å². The molecular formula is C10H17N3O2. The van der Waals surface area contributed by atoms with Crippen molar-refractivity contribution in [1.82, 2.24) is 15.6 Å². The second-order valence-electron chi connectivity index (χ2n) is 3.36. The van der Waals surface area contributed by atoms with Gasteiger partial charge in [-0.1, -0.05) is 6.92 Å². The Bertz CT molecular complexity index is 285. The van der Waals surface area contributed by atoms with Crippen molar-refractivity contribution >= 4 is 5.91 Å². The van der Waals surface area contributed by atoms with Gasteiger partial charge in [0.05, 0.1) is 18.8 Å². The van der Waals surface area contributed by atoms with Crippen LogP contribution in [-0.2, 0) is 11.3 Å². The second kappa shape index (κ2) is 6.19. The number of amides is 1. The van der Waals surface area contributed by atoms with Gasteiger partial charge in [-0.2, -0.15) is 0 Å². The van der Waals surface area contributed by atoms with Gasteiger partial charge < -0.3 is 9.73 Å². The third-order valence-corrected chi connectivity index (χ3v) is 2.01. The number of rotatable bonds is 6. The van der Waals surface area contributed by atoms with E-state index in [2.05, 4.69) is 15.6 Å². The number of oxazole rings is 1. The Morgan fingerprint density at radius 2 is 2.47 bits per heavy atom. The minimum atomic E-state index is -0.221. The Labute approximate surface area is 89.3 Å². The van der Waals surface area contributed by atoms with E-state index in [-0.39, 0.29) is 11.9 Å². The van der Waals surface area contributed by atoms with Gasteiger partial charge in [0, 0.05) is 6.54 Å². The van der Waals surface area contributed by atoms with Crippen molar-refractivity contribution in [2.75, 3.05) is 6.54 Å². The first-order valence-electron chi connectivity index (χ1n) is 5.12. The number of carbonyl (C=O) groups is 1. The predicted molar refractivity (Wildman–Crippen MR) is 56.1 cm³/mol. The fourth-order valence-corrected chi connectivity index (χ4v) is 1.08. The van der Waals surface area contributed by atoms with Gasteiger partial charge in [-0.05, 0) is 13.3 Å². The summed E-state index contributed by atoms with van der Waals surface area (Å²) in [6.45, 7) is 5.07. The summed E-state index contributed by atoms with van der Waals surface area (Å²) in [5.74, 6) is 0.738. The van der Waals surface area contributed by atoms with Gasteiger partial charge in [-0.15, -0.1) is 0 Å². The summed E-state index contributed by atoms with van der Waals surface area (Å²) in [4.78, 5) is 15.2. The highest BCUT2D eigenvalue weighted by Crippen LogP contribution is 1.96. The van der Waals surface area contributed by atoms with E-state index in [9.17, 15) is 4.79 Å². The molecule has 15 heavy (non-hydrogen) atoms. The lowest BCUT2D eigenvalue weighted by Gasteiger charge is -2.12. The van der Waals surface area contributed by atoms with Gasteiger partial charge in [-0.25, -0.2) is 4.98 Å². The fraction of sp³-hybridized carbons (Fsp3) is 0.600. The maximum atomic E-state index is 11.4. The third kappa shape index (κ3) is 4.12. The summed E-state index contributed by atoms with van der Waals surface area (Å²) in [5.41, 5.74) is 0. The van der Waals surface area contributed by atoms with Crippen LogP contribution in [0.2, 0.25) is 0 Å². The van der Waals surface area contributed by atoms with Crippen molar-refractivity contribution < 1.29 is 9.21 Å². The maximum Gasteiger partial charge on any atom is 0.236 e. The lowest BCUT2D eigenvalue weighted by Crippen LogP contribution is -2.41. The van der Waals surface area contributed by atoms with E-state index in [4.69, 9.17) is 4.42 Å². The molecule has 0 aromatic carbocycles. The largest absolute Gasteiger partial charge is 0.447 e. The molecule has 2 N–H and O–H groups in total. The van der Waals surface area contributed by atoms with Crippen LogP contribution >= 0.6 is 0 Å². The first-order valence-corrected chi connectivity index (χ1v) is 5.12. The monoisotopic (exact) mass is 211 g/mol. The molecule has 0 aliphatic rings. The Hall–Kier alpha value is -1.36. The number of hydrogen-bond donors (Lipinski definition) is 2. The molecule has 1 heterocycles. The van der Waals surface area contributed by atoms with Crippen LogP contribution in [-0.4, -0.2) is 23.5 Å². The Morgan fingerprint density at radius 3 is 3.07 bits per heavy atom. The van der Waals surface area contributed by atoms with E-state index in [1.807, 2.05) is 13.8 Å². The van der Waals surface area contributed by atoms with Crippen LogP contribution in [0.15, 0.2) is 17.0 Å². The number of nitrogens with one attached hydrogen (secondary N) is 2. The van der Waals surface area contributed by atoms with Gasteiger partial charge in [0.25, 0.3) is 0 Å². The first kappa shape index (κ1) is 11.7. The molecule has 1 unspecified atom stereocenters. The molecule has 0 fully saturated rings. The Balaban J connectivity index is 2.23. The normalized spacial score (nSPS) is 12.4. The van der Waals surface area contributed by atoms with Crippen LogP contribution in [0.25, 0.3) is 0 Å². The standard InChI is InChI=1S/C10H17N3O2/c1-3-4-12-10(14)8(2)13-6-9-5-11-7-15-9/h5,7-8,13H,3-4,6H2,1-2H3,(H,12,14). The number of nitrogens with zero attached hydrogens (tertiary/aromatic N) is 1. The average molecular weight is 211 g/mol. The number of aromatic nitrogens is 1. The molecule has 0 aliphatic carbocycles. The van der Waals surface area contributed by atoms with E-state index in [1.165, 1.54) is 6.39 Å². The van der Waals surface area contributed by atoms with Gasteiger partial charge in [0.2, 0.25) is 5.91 Å². The summed E-state index contributed by atoms with van der Waals surface area (Å²) in [5, 5.41) is 5.86. The zero-order valence-electron chi connectivity index (χ0n) is 9.12. The molecule has 0 radical (unpaired) electrons. The van der Waals surface area contributed by atoms with Crippen molar-refractivity contribution in [3.8, 4) is 0 Å². The zero-order chi connectivity index (χ0) is 11.1. The van der Waals surface area contributed by atoms with Crippen LogP contribution < -0.4 is 10.6 Å². The fourth-order valence-electron chi connectivity index (χ4n) is 1.08. The summed E-state index contributed by atoms with van der Waals surface area (Å²) in [7, 11) is 0. The number of carbonyl (C=O) groups excluding carboxylic acids is 1. The SMILES string of the molecule is CCCNC(=O)C(C)NCc1cnco1. The van der Waals surface area contributed by atoms with Crippen LogP contribution in [0.5, 0.6) is 0 Å². The third-order valence-electron chi connectivity index (χ3n) is 2.01. The highest BCUT2D eigenvalue weighted by atomic mass is 16.3. The Morgan fingerprint density at radius 1 is 1.67 bits per heavy atom. The first-order chi connectivity index (χ1) is 7.24. The van der Waals surface area contributed by atoms with Gasteiger partial charge in [0.15, 0.2) is 6.39 Å². The van der Waals surface area contributed by atoms with Crippen molar-refractivity contribution in [3.05, 3.63) is 18.4 Å². The molecular weight excluding hydrogens is 194 g/mol. The molecule has 0 aliphatic heterocycles. The molecule has 0 saturated carbocycles. The van der Waals surface area contributed by atoms with E-state index >= 15 is 0 Å². The molecule has 84 valence electrons. The topological polar surface area (TPSA) is 67.2 Å². The van der Waals surface area contributed by atoms with Crippen molar-refractivity contribution in [1.29, 1.82) is 0 Å². The van der Waals surface area contributed by atoms with Crippen molar-refractivity contribution in [2.45, 2.75) is 32.9 Å². The van der Waals surface area contributed by atoms with E-state index in [0.29, 0.717) is 13.1 Å². The van der Waals surface area contributed by atoms with Gasteiger partial charge in [0.1, 0.15) is 5.76 Å². The van der Waals surface area contributed by atoms with Crippen LogP contribution in [0.4, 0.5) is 0 Å². The van der Waals surface area contributed by atoms with Crippen molar-refractivity contribution in [2.24, 2.45) is 0 Å². The molecule has 5 heteroatoms. The van der Waals surface area contributed by atoms with Crippen LogP contribution in [0, 0.1) is 0 Å².